The first-order valence-electron chi connectivity index (χ1n) is 4.16. The normalized spacial score (nSPS) is 10.8. The monoisotopic (exact) mass is 183 g/mol. The van der Waals surface area contributed by atoms with Crippen molar-refractivity contribution in [3.63, 3.8) is 0 Å². The number of halogens is 1. The number of pyridine rings is 1. The number of hydrogen-bond donors (Lipinski definition) is 0. The molecule has 0 saturated heterocycles. The maximum atomic E-state index is 6.03. The van der Waals surface area contributed by atoms with E-state index in [1.165, 1.54) is 0 Å². The summed E-state index contributed by atoms with van der Waals surface area (Å²) in [5, 5.41) is 0.785. The second-order valence-electron chi connectivity index (χ2n) is 3.41. The van der Waals surface area contributed by atoms with Gasteiger partial charge in [0.25, 0.3) is 0 Å². The summed E-state index contributed by atoms with van der Waals surface area (Å²) in [7, 11) is 0. The lowest BCUT2D eigenvalue weighted by Gasteiger charge is -2.09. The van der Waals surface area contributed by atoms with Gasteiger partial charge in [0.15, 0.2) is 0 Å². The van der Waals surface area contributed by atoms with Crippen LogP contribution in [0.1, 0.15) is 36.7 Å². The van der Waals surface area contributed by atoms with Crippen LogP contribution in [0.4, 0.5) is 0 Å². The summed E-state index contributed by atoms with van der Waals surface area (Å²) in [5.74, 6) is 0.400. The molecule has 0 bridgehead atoms. The molecule has 0 radical (unpaired) electrons. The van der Waals surface area contributed by atoms with Gasteiger partial charge < -0.3 is 0 Å². The van der Waals surface area contributed by atoms with E-state index in [9.17, 15) is 0 Å². The predicted molar refractivity (Wildman–Crippen MR) is 52.8 cm³/mol. The molecule has 2 heteroatoms. The molecule has 0 amide bonds. The molecule has 1 heterocycles. The van der Waals surface area contributed by atoms with Crippen LogP contribution in [0.2, 0.25) is 5.02 Å². The van der Waals surface area contributed by atoms with Crippen LogP contribution < -0.4 is 0 Å². The summed E-state index contributed by atoms with van der Waals surface area (Å²) in [6, 6.07) is 1.99. The predicted octanol–water partition coefficient (Wildman–Crippen LogP) is 3.48. The molecule has 66 valence electrons. The van der Waals surface area contributed by atoms with Gasteiger partial charge in [0, 0.05) is 5.69 Å². The zero-order chi connectivity index (χ0) is 9.30. The van der Waals surface area contributed by atoms with E-state index in [0.717, 1.165) is 22.0 Å². The number of aryl methyl sites for hydroxylation is 2. The lowest BCUT2D eigenvalue weighted by atomic mass is 10.1. The Kier molecular flexibility index (Phi) is 2.73. The molecular formula is C10H14ClN. The van der Waals surface area contributed by atoms with Crippen LogP contribution in [0.15, 0.2) is 6.07 Å². The molecular weight excluding hydrogens is 170 g/mol. The summed E-state index contributed by atoms with van der Waals surface area (Å²) in [6.07, 6.45) is 0. The minimum absolute atomic E-state index is 0.400. The van der Waals surface area contributed by atoms with Gasteiger partial charge in [0.2, 0.25) is 0 Å². The molecule has 12 heavy (non-hydrogen) atoms. The molecule has 1 nitrogen and oxygen atoms in total. The van der Waals surface area contributed by atoms with E-state index in [4.69, 9.17) is 11.6 Å². The third kappa shape index (κ3) is 1.78. The van der Waals surface area contributed by atoms with Crippen LogP contribution in [0.5, 0.6) is 0 Å². The van der Waals surface area contributed by atoms with Crippen LogP contribution >= 0.6 is 11.6 Å². The fraction of sp³-hybridized carbons (Fsp3) is 0.500. The molecule has 0 atom stereocenters. The highest BCUT2D eigenvalue weighted by molar-refractivity contribution is 6.31. The molecule has 1 aromatic rings. The zero-order valence-electron chi connectivity index (χ0n) is 7.98. The highest BCUT2D eigenvalue weighted by Crippen LogP contribution is 2.23. The Hall–Kier alpha value is -0.560. The molecule has 0 aliphatic heterocycles. The van der Waals surface area contributed by atoms with Gasteiger partial charge in [-0.3, -0.25) is 4.98 Å². The summed E-state index contributed by atoms with van der Waals surface area (Å²) in [5.41, 5.74) is 3.23. The van der Waals surface area contributed by atoms with E-state index in [1.54, 1.807) is 0 Å². The van der Waals surface area contributed by atoms with Gasteiger partial charge in [-0.1, -0.05) is 25.4 Å². The van der Waals surface area contributed by atoms with Crippen molar-refractivity contribution in [2.45, 2.75) is 33.6 Å². The molecule has 0 unspecified atom stereocenters. The van der Waals surface area contributed by atoms with Crippen molar-refractivity contribution in [1.82, 2.24) is 4.98 Å². The fourth-order valence-corrected chi connectivity index (χ4v) is 1.52. The highest BCUT2D eigenvalue weighted by atomic mass is 35.5. The number of aromatic nitrogens is 1. The Balaban J connectivity index is 3.23. The van der Waals surface area contributed by atoms with Crippen LogP contribution in [0.3, 0.4) is 0 Å². The summed E-state index contributed by atoms with van der Waals surface area (Å²) in [4.78, 5) is 4.44. The fourth-order valence-electron chi connectivity index (χ4n) is 1.10. The van der Waals surface area contributed by atoms with Crippen molar-refractivity contribution in [2.24, 2.45) is 0 Å². The van der Waals surface area contributed by atoms with Gasteiger partial charge in [-0.05, 0) is 31.4 Å². The SMILES string of the molecule is Cc1cc(Cl)c(C(C)C)nc1C. The van der Waals surface area contributed by atoms with Crippen molar-refractivity contribution < 1.29 is 0 Å². The Bertz CT molecular complexity index is 292. The van der Waals surface area contributed by atoms with Crippen LogP contribution in [0.25, 0.3) is 0 Å². The number of nitrogens with zero attached hydrogens (tertiary/aromatic N) is 1. The second kappa shape index (κ2) is 3.44. The molecule has 0 aliphatic rings. The van der Waals surface area contributed by atoms with Crippen molar-refractivity contribution in [2.75, 3.05) is 0 Å². The molecule has 0 saturated carbocycles. The minimum Gasteiger partial charge on any atom is -0.256 e. The van der Waals surface area contributed by atoms with Crippen LogP contribution in [0, 0.1) is 13.8 Å². The Labute approximate surface area is 78.8 Å². The van der Waals surface area contributed by atoms with Gasteiger partial charge in [-0.2, -0.15) is 0 Å². The van der Waals surface area contributed by atoms with Crippen molar-refractivity contribution >= 4 is 11.6 Å². The summed E-state index contributed by atoms with van der Waals surface area (Å²) >= 11 is 6.03. The van der Waals surface area contributed by atoms with Crippen molar-refractivity contribution in [3.05, 3.63) is 28.0 Å². The lowest BCUT2D eigenvalue weighted by Crippen LogP contribution is -1.97. The molecule has 0 spiro atoms. The Morgan fingerprint density at radius 2 is 1.92 bits per heavy atom. The standard InChI is InChI=1S/C10H14ClN/c1-6(2)10-9(11)5-7(3)8(4)12-10/h5-6H,1-4H3. The largest absolute Gasteiger partial charge is 0.256 e. The first kappa shape index (κ1) is 9.53. The van der Waals surface area contributed by atoms with Crippen molar-refractivity contribution in [3.8, 4) is 0 Å². The first-order valence-corrected chi connectivity index (χ1v) is 4.53. The van der Waals surface area contributed by atoms with Gasteiger partial charge >= 0.3 is 0 Å². The average Bonchev–Trinajstić information content (AvgIpc) is 1.96. The highest BCUT2D eigenvalue weighted by Gasteiger charge is 2.08. The molecule has 0 aliphatic carbocycles. The number of rotatable bonds is 1. The topological polar surface area (TPSA) is 12.9 Å². The van der Waals surface area contributed by atoms with Crippen LogP contribution in [-0.4, -0.2) is 4.98 Å². The van der Waals surface area contributed by atoms with Gasteiger partial charge in [0.1, 0.15) is 0 Å². The molecule has 0 fully saturated rings. The molecule has 1 aromatic heterocycles. The third-order valence-electron chi connectivity index (χ3n) is 1.99. The zero-order valence-corrected chi connectivity index (χ0v) is 8.74. The van der Waals surface area contributed by atoms with Gasteiger partial charge in [-0.15, -0.1) is 0 Å². The quantitative estimate of drug-likeness (QED) is 0.650. The van der Waals surface area contributed by atoms with E-state index >= 15 is 0 Å². The Morgan fingerprint density at radius 1 is 1.33 bits per heavy atom. The van der Waals surface area contributed by atoms with E-state index in [2.05, 4.69) is 18.8 Å². The van der Waals surface area contributed by atoms with E-state index in [0.29, 0.717) is 5.92 Å². The lowest BCUT2D eigenvalue weighted by molar-refractivity contribution is 0.813. The third-order valence-corrected chi connectivity index (χ3v) is 2.30. The minimum atomic E-state index is 0.400. The van der Waals surface area contributed by atoms with Crippen LogP contribution in [-0.2, 0) is 0 Å². The summed E-state index contributed by atoms with van der Waals surface area (Å²) in [6.45, 7) is 8.24. The molecule has 1 rings (SSSR count). The van der Waals surface area contributed by atoms with E-state index in [1.807, 2.05) is 19.9 Å². The van der Waals surface area contributed by atoms with E-state index in [-0.39, 0.29) is 0 Å². The Morgan fingerprint density at radius 3 is 2.42 bits per heavy atom. The maximum absolute atomic E-state index is 6.03. The first-order chi connectivity index (χ1) is 5.52. The smallest absolute Gasteiger partial charge is 0.0627 e. The van der Waals surface area contributed by atoms with E-state index < -0.39 is 0 Å². The number of hydrogen-bond acceptors (Lipinski definition) is 1. The molecule has 0 aromatic carbocycles. The second-order valence-corrected chi connectivity index (χ2v) is 3.82. The van der Waals surface area contributed by atoms with Gasteiger partial charge in [0.05, 0.1) is 10.7 Å². The van der Waals surface area contributed by atoms with Gasteiger partial charge in [-0.25, -0.2) is 0 Å². The van der Waals surface area contributed by atoms with Crippen molar-refractivity contribution in [1.29, 1.82) is 0 Å². The average molecular weight is 184 g/mol. The molecule has 0 N–H and O–H groups in total. The maximum Gasteiger partial charge on any atom is 0.0627 e. The summed E-state index contributed by atoms with van der Waals surface area (Å²) < 4.78 is 0.